The van der Waals surface area contributed by atoms with Crippen LogP contribution in [0.2, 0.25) is 0 Å². The SMILES string of the molecule is Cc1ccc(-c2cn(C)c(C(=O)O)n2)cc1. The first-order chi connectivity index (χ1) is 7.58. The van der Waals surface area contributed by atoms with E-state index in [9.17, 15) is 4.79 Å². The van der Waals surface area contributed by atoms with E-state index in [2.05, 4.69) is 4.98 Å². The van der Waals surface area contributed by atoms with Gasteiger partial charge in [0.05, 0.1) is 5.69 Å². The van der Waals surface area contributed by atoms with Gasteiger partial charge in [-0.2, -0.15) is 0 Å². The van der Waals surface area contributed by atoms with Gasteiger partial charge >= 0.3 is 5.97 Å². The number of carbonyl (C=O) groups is 1. The second kappa shape index (κ2) is 3.81. The van der Waals surface area contributed by atoms with Crippen LogP contribution in [0.5, 0.6) is 0 Å². The summed E-state index contributed by atoms with van der Waals surface area (Å²) in [4.78, 5) is 14.9. The largest absolute Gasteiger partial charge is 0.475 e. The molecule has 0 radical (unpaired) electrons. The zero-order valence-corrected chi connectivity index (χ0v) is 9.14. The summed E-state index contributed by atoms with van der Waals surface area (Å²) in [6.07, 6.45) is 1.72. The summed E-state index contributed by atoms with van der Waals surface area (Å²) in [6, 6.07) is 7.82. The Hall–Kier alpha value is -2.10. The normalized spacial score (nSPS) is 10.4. The molecule has 1 aromatic heterocycles. The van der Waals surface area contributed by atoms with Crippen LogP contribution < -0.4 is 0 Å². The number of aromatic carboxylic acids is 1. The van der Waals surface area contributed by atoms with Crippen LogP contribution in [-0.2, 0) is 7.05 Å². The number of aryl methyl sites for hydroxylation is 2. The van der Waals surface area contributed by atoms with E-state index in [4.69, 9.17) is 5.11 Å². The van der Waals surface area contributed by atoms with Crippen LogP contribution in [0.25, 0.3) is 11.3 Å². The molecular formula is C12H12N2O2. The molecule has 1 N–H and O–H groups in total. The van der Waals surface area contributed by atoms with Gasteiger partial charge in [-0.25, -0.2) is 9.78 Å². The molecule has 0 aliphatic heterocycles. The lowest BCUT2D eigenvalue weighted by atomic mass is 10.1. The summed E-state index contributed by atoms with van der Waals surface area (Å²) < 4.78 is 1.51. The highest BCUT2D eigenvalue weighted by atomic mass is 16.4. The van der Waals surface area contributed by atoms with Gasteiger partial charge in [-0.15, -0.1) is 0 Å². The quantitative estimate of drug-likeness (QED) is 0.836. The fourth-order valence-corrected chi connectivity index (χ4v) is 1.53. The Morgan fingerprint density at radius 1 is 1.31 bits per heavy atom. The van der Waals surface area contributed by atoms with Crippen molar-refractivity contribution in [3.8, 4) is 11.3 Å². The van der Waals surface area contributed by atoms with Gasteiger partial charge in [0, 0.05) is 18.8 Å². The fraction of sp³-hybridized carbons (Fsp3) is 0.167. The number of rotatable bonds is 2. The molecule has 0 aliphatic carbocycles. The average molecular weight is 216 g/mol. The van der Waals surface area contributed by atoms with Crippen molar-refractivity contribution in [3.05, 3.63) is 41.9 Å². The summed E-state index contributed by atoms with van der Waals surface area (Å²) in [5, 5.41) is 8.89. The van der Waals surface area contributed by atoms with Crippen molar-refractivity contribution in [2.45, 2.75) is 6.92 Å². The van der Waals surface area contributed by atoms with Crippen LogP contribution in [0.4, 0.5) is 0 Å². The molecule has 0 spiro atoms. The average Bonchev–Trinajstić information content (AvgIpc) is 2.61. The van der Waals surface area contributed by atoms with Gasteiger partial charge in [-0.1, -0.05) is 29.8 Å². The Bertz CT molecular complexity index is 526. The van der Waals surface area contributed by atoms with E-state index >= 15 is 0 Å². The standard InChI is InChI=1S/C12H12N2O2/c1-8-3-5-9(6-4-8)10-7-14(2)11(13-10)12(15)16/h3-7H,1-2H3,(H,15,16). The molecule has 2 rings (SSSR count). The van der Waals surface area contributed by atoms with Gasteiger partial charge in [0.1, 0.15) is 0 Å². The molecule has 2 aromatic rings. The molecule has 0 saturated heterocycles. The van der Waals surface area contributed by atoms with E-state index in [0.717, 1.165) is 11.1 Å². The Morgan fingerprint density at radius 2 is 1.94 bits per heavy atom. The molecule has 0 saturated carbocycles. The number of hydrogen-bond donors (Lipinski definition) is 1. The van der Waals surface area contributed by atoms with E-state index < -0.39 is 5.97 Å². The third-order valence-electron chi connectivity index (χ3n) is 2.41. The molecule has 0 bridgehead atoms. The highest BCUT2D eigenvalue weighted by molar-refractivity contribution is 5.84. The maximum Gasteiger partial charge on any atom is 0.372 e. The van der Waals surface area contributed by atoms with Crippen LogP contribution >= 0.6 is 0 Å². The maximum absolute atomic E-state index is 10.8. The minimum Gasteiger partial charge on any atom is -0.475 e. The molecule has 0 unspecified atom stereocenters. The Balaban J connectivity index is 2.45. The van der Waals surface area contributed by atoms with Gasteiger partial charge in [0.25, 0.3) is 0 Å². The Morgan fingerprint density at radius 3 is 2.44 bits per heavy atom. The van der Waals surface area contributed by atoms with Gasteiger partial charge in [-0.3, -0.25) is 0 Å². The number of aromatic nitrogens is 2. The predicted molar refractivity (Wildman–Crippen MR) is 60.3 cm³/mol. The van der Waals surface area contributed by atoms with Crippen molar-refractivity contribution in [2.24, 2.45) is 7.05 Å². The summed E-state index contributed by atoms with van der Waals surface area (Å²) in [7, 11) is 1.67. The van der Waals surface area contributed by atoms with Gasteiger partial charge in [-0.05, 0) is 6.92 Å². The zero-order valence-electron chi connectivity index (χ0n) is 9.14. The van der Waals surface area contributed by atoms with Gasteiger partial charge in [0.15, 0.2) is 0 Å². The third-order valence-corrected chi connectivity index (χ3v) is 2.41. The number of carboxylic acid groups (broad SMARTS) is 1. The summed E-state index contributed by atoms with van der Waals surface area (Å²) >= 11 is 0. The van der Waals surface area contributed by atoms with Crippen LogP contribution in [0, 0.1) is 6.92 Å². The van der Waals surface area contributed by atoms with Crippen molar-refractivity contribution >= 4 is 5.97 Å². The van der Waals surface area contributed by atoms with Crippen LogP contribution in [0.1, 0.15) is 16.2 Å². The molecule has 0 fully saturated rings. The molecule has 4 heteroatoms. The van der Waals surface area contributed by atoms with Crippen molar-refractivity contribution < 1.29 is 9.90 Å². The van der Waals surface area contributed by atoms with Crippen molar-refractivity contribution in [3.63, 3.8) is 0 Å². The molecule has 1 heterocycles. The highest BCUT2D eigenvalue weighted by Crippen LogP contribution is 2.18. The first kappa shape index (κ1) is 10.4. The number of carboxylic acids is 1. The maximum atomic E-state index is 10.8. The lowest BCUT2D eigenvalue weighted by Crippen LogP contribution is -2.04. The Kier molecular flexibility index (Phi) is 2.48. The van der Waals surface area contributed by atoms with E-state index in [-0.39, 0.29) is 5.82 Å². The summed E-state index contributed by atoms with van der Waals surface area (Å²) in [5.41, 5.74) is 2.77. The second-order valence-electron chi connectivity index (χ2n) is 3.73. The van der Waals surface area contributed by atoms with Crippen LogP contribution in [-0.4, -0.2) is 20.6 Å². The first-order valence-corrected chi connectivity index (χ1v) is 4.91. The fourth-order valence-electron chi connectivity index (χ4n) is 1.53. The van der Waals surface area contributed by atoms with E-state index in [1.165, 1.54) is 4.57 Å². The van der Waals surface area contributed by atoms with Crippen molar-refractivity contribution in [2.75, 3.05) is 0 Å². The Labute approximate surface area is 93.2 Å². The number of benzene rings is 1. The molecule has 0 amide bonds. The van der Waals surface area contributed by atoms with E-state index in [1.54, 1.807) is 13.2 Å². The topological polar surface area (TPSA) is 55.1 Å². The second-order valence-corrected chi connectivity index (χ2v) is 3.73. The van der Waals surface area contributed by atoms with Crippen LogP contribution in [0.3, 0.4) is 0 Å². The van der Waals surface area contributed by atoms with Crippen molar-refractivity contribution in [1.82, 2.24) is 9.55 Å². The predicted octanol–water partition coefficient (Wildman–Crippen LogP) is 2.09. The molecular weight excluding hydrogens is 204 g/mol. The van der Waals surface area contributed by atoms with Gasteiger partial charge < -0.3 is 9.67 Å². The van der Waals surface area contributed by atoms with Crippen LogP contribution in [0.15, 0.2) is 30.5 Å². The molecule has 82 valence electrons. The molecule has 4 nitrogen and oxygen atoms in total. The van der Waals surface area contributed by atoms with E-state index in [1.807, 2.05) is 31.2 Å². The highest BCUT2D eigenvalue weighted by Gasteiger charge is 2.12. The lowest BCUT2D eigenvalue weighted by molar-refractivity contribution is 0.0680. The monoisotopic (exact) mass is 216 g/mol. The minimum atomic E-state index is -1.01. The lowest BCUT2D eigenvalue weighted by Gasteiger charge is -1.96. The summed E-state index contributed by atoms with van der Waals surface area (Å²) in [6.45, 7) is 2.00. The number of imidazole rings is 1. The van der Waals surface area contributed by atoms with Gasteiger partial charge in [0.2, 0.25) is 5.82 Å². The molecule has 1 aromatic carbocycles. The third kappa shape index (κ3) is 1.82. The zero-order chi connectivity index (χ0) is 11.7. The minimum absolute atomic E-state index is 0.0515. The van der Waals surface area contributed by atoms with E-state index in [0.29, 0.717) is 5.69 Å². The number of nitrogens with zero attached hydrogens (tertiary/aromatic N) is 2. The smallest absolute Gasteiger partial charge is 0.372 e. The first-order valence-electron chi connectivity index (χ1n) is 4.91. The summed E-state index contributed by atoms with van der Waals surface area (Å²) in [5.74, 6) is -0.962. The molecule has 0 atom stereocenters. The van der Waals surface area contributed by atoms with Crippen molar-refractivity contribution in [1.29, 1.82) is 0 Å². The number of hydrogen-bond acceptors (Lipinski definition) is 2. The molecule has 0 aliphatic rings. The molecule has 16 heavy (non-hydrogen) atoms.